The highest BCUT2D eigenvalue weighted by Crippen LogP contribution is 2.29. The van der Waals surface area contributed by atoms with Gasteiger partial charge in [0.2, 0.25) is 0 Å². The molecule has 0 aliphatic carbocycles. The summed E-state index contributed by atoms with van der Waals surface area (Å²) in [6.45, 7) is 11.1. The Labute approximate surface area is 127 Å². The van der Waals surface area contributed by atoms with Crippen LogP contribution in [0.4, 0.5) is 10.2 Å². The van der Waals surface area contributed by atoms with Gasteiger partial charge in [-0.2, -0.15) is 0 Å². The number of aromatic nitrogens is 1. The topological polar surface area (TPSA) is 28.2 Å². The quantitative estimate of drug-likeness (QED) is 0.899. The van der Waals surface area contributed by atoms with Gasteiger partial charge in [0.15, 0.2) is 11.6 Å². The van der Waals surface area contributed by atoms with Crippen molar-refractivity contribution in [3.8, 4) is 0 Å². The van der Waals surface area contributed by atoms with Crippen molar-refractivity contribution in [3.63, 3.8) is 0 Å². The number of piperidine rings is 1. The summed E-state index contributed by atoms with van der Waals surface area (Å²) < 4.78 is 14.7. The smallest absolute Gasteiger partial charge is 0.170 e. The van der Waals surface area contributed by atoms with Crippen molar-refractivity contribution < 1.29 is 4.39 Å². The highest BCUT2D eigenvalue weighted by atomic mass is 19.1. The van der Waals surface area contributed by atoms with E-state index in [2.05, 4.69) is 42.9 Å². The van der Waals surface area contributed by atoms with Crippen LogP contribution in [0.25, 0.3) is 0 Å². The van der Waals surface area contributed by atoms with Gasteiger partial charge in [0.1, 0.15) is 0 Å². The predicted molar refractivity (Wildman–Crippen MR) is 85.9 cm³/mol. The van der Waals surface area contributed by atoms with Gasteiger partial charge >= 0.3 is 0 Å². The minimum absolute atomic E-state index is 0.158. The second kappa shape index (κ2) is 7.21. The van der Waals surface area contributed by atoms with E-state index in [1.807, 2.05) is 0 Å². The largest absolute Gasteiger partial charge is 0.351 e. The first-order chi connectivity index (χ1) is 10.0. The molecule has 1 saturated heterocycles. The third-order valence-corrected chi connectivity index (χ3v) is 4.46. The fourth-order valence-electron chi connectivity index (χ4n) is 2.94. The molecule has 4 heteroatoms. The van der Waals surface area contributed by atoms with Crippen LogP contribution in [0, 0.1) is 17.7 Å². The fourth-order valence-corrected chi connectivity index (χ4v) is 2.94. The van der Waals surface area contributed by atoms with Crippen LogP contribution in [0.1, 0.15) is 46.1 Å². The van der Waals surface area contributed by atoms with E-state index in [-0.39, 0.29) is 5.82 Å². The highest BCUT2D eigenvalue weighted by molar-refractivity contribution is 5.44. The highest BCUT2D eigenvalue weighted by Gasteiger charge is 2.28. The van der Waals surface area contributed by atoms with Gasteiger partial charge in [0.25, 0.3) is 0 Å². The van der Waals surface area contributed by atoms with Gasteiger partial charge < -0.3 is 10.2 Å². The fraction of sp³-hybridized carbons (Fsp3) is 0.706. The number of nitrogens with one attached hydrogen (secondary N) is 1. The lowest BCUT2D eigenvalue weighted by molar-refractivity contribution is 0.357. The van der Waals surface area contributed by atoms with Crippen LogP contribution in [-0.4, -0.2) is 24.1 Å². The average Bonchev–Trinajstić information content (AvgIpc) is 2.44. The molecule has 3 nitrogen and oxygen atoms in total. The van der Waals surface area contributed by atoms with Crippen LogP contribution in [0.3, 0.4) is 0 Å². The first kappa shape index (κ1) is 16.2. The van der Waals surface area contributed by atoms with E-state index in [9.17, 15) is 4.39 Å². The molecule has 118 valence electrons. The molecule has 2 rings (SSSR count). The van der Waals surface area contributed by atoms with Gasteiger partial charge in [-0.25, -0.2) is 9.37 Å². The van der Waals surface area contributed by atoms with E-state index in [0.29, 0.717) is 35.8 Å². The molecular weight excluding hydrogens is 265 g/mol. The Bertz CT molecular complexity index is 461. The molecule has 2 unspecified atom stereocenters. The van der Waals surface area contributed by atoms with Crippen molar-refractivity contribution in [2.75, 3.05) is 18.0 Å². The van der Waals surface area contributed by atoms with Gasteiger partial charge in [-0.05, 0) is 44.2 Å². The molecule has 1 aliphatic rings. The first-order valence-electron chi connectivity index (χ1n) is 8.11. The molecule has 1 aromatic rings. The van der Waals surface area contributed by atoms with E-state index in [1.165, 1.54) is 6.42 Å². The number of pyridine rings is 1. The van der Waals surface area contributed by atoms with Crippen molar-refractivity contribution in [2.24, 2.45) is 11.8 Å². The number of halogens is 1. The molecule has 1 aromatic heterocycles. The molecule has 0 radical (unpaired) electrons. The first-order valence-corrected chi connectivity index (χ1v) is 8.11. The lowest BCUT2D eigenvalue weighted by Crippen LogP contribution is -2.43. The van der Waals surface area contributed by atoms with Crippen LogP contribution in [-0.2, 0) is 6.54 Å². The van der Waals surface area contributed by atoms with Gasteiger partial charge in [-0.1, -0.05) is 20.8 Å². The van der Waals surface area contributed by atoms with E-state index in [1.54, 1.807) is 12.3 Å². The summed E-state index contributed by atoms with van der Waals surface area (Å²) >= 11 is 0. The van der Waals surface area contributed by atoms with Crippen molar-refractivity contribution >= 4 is 5.82 Å². The van der Waals surface area contributed by atoms with Crippen LogP contribution >= 0.6 is 0 Å². The molecule has 0 aromatic carbocycles. The summed E-state index contributed by atoms with van der Waals surface area (Å²) in [6, 6.07) is 2.13. The molecule has 1 N–H and O–H groups in total. The molecule has 0 spiro atoms. The number of hydrogen-bond donors (Lipinski definition) is 1. The maximum absolute atomic E-state index is 14.7. The van der Waals surface area contributed by atoms with E-state index in [4.69, 9.17) is 0 Å². The molecule has 21 heavy (non-hydrogen) atoms. The van der Waals surface area contributed by atoms with Crippen molar-refractivity contribution in [2.45, 2.75) is 53.1 Å². The molecule has 2 atom stereocenters. The third kappa shape index (κ3) is 3.94. The van der Waals surface area contributed by atoms with Gasteiger partial charge in [0.05, 0.1) is 0 Å². The number of hydrogen-bond acceptors (Lipinski definition) is 3. The zero-order valence-corrected chi connectivity index (χ0v) is 13.7. The van der Waals surface area contributed by atoms with Gasteiger partial charge in [-0.3, -0.25) is 0 Å². The maximum Gasteiger partial charge on any atom is 0.170 e. The van der Waals surface area contributed by atoms with Crippen molar-refractivity contribution in [1.29, 1.82) is 0 Å². The molecule has 2 heterocycles. The Morgan fingerprint density at radius 1 is 1.43 bits per heavy atom. The Hall–Kier alpha value is -1.16. The number of rotatable bonds is 5. The molecule has 0 amide bonds. The van der Waals surface area contributed by atoms with Crippen molar-refractivity contribution in [1.82, 2.24) is 10.3 Å². The number of nitrogens with zero attached hydrogens (tertiary/aromatic N) is 2. The molecule has 1 fully saturated rings. The summed E-state index contributed by atoms with van der Waals surface area (Å²) in [7, 11) is 0. The second-order valence-electron chi connectivity index (χ2n) is 6.69. The molecule has 1 aliphatic heterocycles. The summed E-state index contributed by atoms with van der Waals surface area (Å²) in [4.78, 5) is 6.45. The minimum atomic E-state index is -0.158. The maximum atomic E-state index is 14.7. The van der Waals surface area contributed by atoms with Crippen LogP contribution in [0.2, 0.25) is 0 Å². The normalized spacial score (nSPS) is 22.9. The predicted octanol–water partition coefficient (Wildman–Crippen LogP) is 3.59. The van der Waals surface area contributed by atoms with Gasteiger partial charge in [0, 0.05) is 30.9 Å². The van der Waals surface area contributed by atoms with Crippen LogP contribution in [0.15, 0.2) is 12.3 Å². The summed E-state index contributed by atoms with van der Waals surface area (Å²) in [5.74, 6) is 1.52. The SMILES string of the molecule is CC(C)CNCc1ccnc(N2CCCC(C)C2C)c1F. The second-order valence-corrected chi connectivity index (χ2v) is 6.69. The monoisotopic (exact) mass is 293 g/mol. The van der Waals surface area contributed by atoms with Crippen LogP contribution in [0.5, 0.6) is 0 Å². The Morgan fingerprint density at radius 2 is 2.19 bits per heavy atom. The summed E-state index contributed by atoms with van der Waals surface area (Å²) in [6.07, 6.45) is 4.06. The van der Waals surface area contributed by atoms with E-state index >= 15 is 0 Å². The van der Waals surface area contributed by atoms with Crippen LogP contribution < -0.4 is 10.2 Å². The summed E-state index contributed by atoms with van der Waals surface area (Å²) in [5.41, 5.74) is 0.714. The third-order valence-electron chi connectivity index (χ3n) is 4.46. The average molecular weight is 293 g/mol. The summed E-state index contributed by atoms with van der Waals surface area (Å²) in [5, 5.41) is 3.31. The molecular formula is C17H28FN3. The van der Waals surface area contributed by atoms with Gasteiger partial charge in [-0.15, -0.1) is 0 Å². The molecule has 0 bridgehead atoms. The molecule has 0 saturated carbocycles. The Morgan fingerprint density at radius 3 is 2.90 bits per heavy atom. The van der Waals surface area contributed by atoms with E-state index < -0.39 is 0 Å². The van der Waals surface area contributed by atoms with Crippen molar-refractivity contribution in [3.05, 3.63) is 23.6 Å². The minimum Gasteiger partial charge on any atom is -0.351 e. The zero-order chi connectivity index (χ0) is 15.4. The lowest BCUT2D eigenvalue weighted by atomic mass is 9.92. The van der Waals surface area contributed by atoms with E-state index in [0.717, 1.165) is 19.5 Å². The number of anilines is 1. The Balaban J connectivity index is 2.13. The lowest BCUT2D eigenvalue weighted by Gasteiger charge is -2.39. The Kier molecular flexibility index (Phi) is 5.57. The standard InChI is InChI=1S/C17H28FN3/c1-12(2)10-19-11-15-7-8-20-17(16(15)18)21-9-5-6-13(3)14(21)4/h7-8,12-14,19H,5-6,9-11H2,1-4H3. The zero-order valence-electron chi connectivity index (χ0n) is 13.7.